The van der Waals surface area contributed by atoms with Crippen LogP contribution in [0.15, 0.2) is 29.2 Å². The zero-order chi connectivity index (χ0) is 17.2. The SMILES string of the molecule is O=C1Nc2ccccc2S[C@H]1CC(=O)N1CCC[C@@H]1CN1CCCC1. The average Bonchev–Trinajstić information content (AvgIpc) is 3.28. The lowest BCUT2D eigenvalue weighted by molar-refractivity contribution is -0.133. The Morgan fingerprint density at radius 3 is 2.80 bits per heavy atom. The smallest absolute Gasteiger partial charge is 0.238 e. The number of nitrogens with one attached hydrogen (secondary N) is 1. The van der Waals surface area contributed by atoms with Crippen LogP contribution in [-0.2, 0) is 9.59 Å². The fourth-order valence-electron chi connectivity index (χ4n) is 4.12. The van der Waals surface area contributed by atoms with E-state index in [0.29, 0.717) is 12.5 Å². The monoisotopic (exact) mass is 359 g/mol. The molecule has 3 aliphatic heterocycles. The highest BCUT2D eigenvalue weighted by Crippen LogP contribution is 2.37. The number of hydrogen-bond acceptors (Lipinski definition) is 4. The van der Waals surface area contributed by atoms with Crippen molar-refractivity contribution in [1.82, 2.24) is 9.80 Å². The first kappa shape index (κ1) is 16.9. The van der Waals surface area contributed by atoms with Crippen LogP contribution in [0.5, 0.6) is 0 Å². The van der Waals surface area contributed by atoms with Crippen LogP contribution in [0.1, 0.15) is 32.1 Å². The number of carbonyl (C=O) groups excluding carboxylic acids is 2. The quantitative estimate of drug-likeness (QED) is 0.898. The molecule has 0 aromatic heterocycles. The second kappa shape index (κ2) is 7.38. The van der Waals surface area contributed by atoms with Gasteiger partial charge in [-0.3, -0.25) is 9.59 Å². The summed E-state index contributed by atoms with van der Waals surface area (Å²) in [6.07, 6.45) is 5.02. The van der Waals surface area contributed by atoms with Crippen LogP contribution in [0, 0.1) is 0 Å². The number of para-hydroxylation sites is 1. The van der Waals surface area contributed by atoms with E-state index in [4.69, 9.17) is 0 Å². The van der Waals surface area contributed by atoms with Gasteiger partial charge in [0.15, 0.2) is 0 Å². The van der Waals surface area contributed by atoms with E-state index in [9.17, 15) is 9.59 Å². The van der Waals surface area contributed by atoms with Crippen LogP contribution >= 0.6 is 11.8 Å². The van der Waals surface area contributed by atoms with E-state index in [2.05, 4.69) is 10.2 Å². The lowest BCUT2D eigenvalue weighted by Gasteiger charge is -2.30. The number of carbonyl (C=O) groups is 2. The van der Waals surface area contributed by atoms with E-state index in [0.717, 1.165) is 49.6 Å². The molecule has 2 fully saturated rings. The molecule has 5 nitrogen and oxygen atoms in total. The zero-order valence-corrected chi connectivity index (χ0v) is 15.3. The Morgan fingerprint density at radius 2 is 1.96 bits per heavy atom. The molecular formula is C19H25N3O2S. The number of nitrogens with zero attached hydrogens (tertiary/aromatic N) is 2. The Labute approximate surface area is 153 Å². The molecule has 3 aliphatic rings. The average molecular weight is 359 g/mol. The summed E-state index contributed by atoms with van der Waals surface area (Å²) in [5.74, 6) is 0.0843. The van der Waals surface area contributed by atoms with Crippen LogP contribution < -0.4 is 5.32 Å². The molecule has 4 rings (SSSR count). The highest BCUT2D eigenvalue weighted by Gasteiger charge is 2.35. The molecule has 134 valence electrons. The van der Waals surface area contributed by atoms with Gasteiger partial charge in [-0.25, -0.2) is 0 Å². The van der Waals surface area contributed by atoms with Gasteiger partial charge in [-0.1, -0.05) is 12.1 Å². The number of amides is 2. The van der Waals surface area contributed by atoms with E-state index >= 15 is 0 Å². The summed E-state index contributed by atoms with van der Waals surface area (Å²) in [6.45, 7) is 4.16. The summed E-state index contributed by atoms with van der Waals surface area (Å²) in [4.78, 5) is 30.8. The van der Waals surface area contributed by atoms with Crippen molar-refractivity contribution in [3.05, 3.63) is 24.3 Å². The number of benzene rings is 1. The van der Waals surface area contributed by atoms with Gasteiger partial charge in [0.2, 0.25) is 11.8 Å². The van der Waals surface area contributed by atoms with E-state index < -0.39 is 0 Å². The van der Waals surface area contributed by atoms with Crippen molar-refractivity contribution in [3.63, 3.8) is 0 Å². The molecule has 6 heteroatoms. The molecular weight excluding hydrogens is 334 g/mol. The van der Waals surface area contributed by atoms with Gasteiger partial charge >= 0.3 is 0 Å². The van der Waals surface area contributed by atoms with E-state index in [1.54, 1.807) is 0 Å². The van der Waals surface area contributed by atoms with Gasteiger partial charge in [0.1, 0.15) is 0 Å². The number of hydrogen-bond donors (Lipinski definition) is 1. The molecule has 0 unspecified atom stereocenters. The first-order valence-corrected chi connectivity index (χ1v) is 10.2. The molecule has 3 heterocycles. The maximum Gasteiger partial charge on any atom is 0.238 e. The van der Waals surface area contributed by atoms with E-state index in [-0.39, 0.29) is 17.1 Å². The van der Waals surface area contributed by atoms with Crippen LogP contribution in [0.25, 0.3) is 0 Å². The van der Waals surface area contributed by atoms with Crippen LogP contribution in [0.4, 0.5) is 5.69 Å². The maximum atomic E-state index is 12.9. The van der Waals surface area contributed by atoms with Gasteiger partial charge < -0.3 is 15.1 Å². The van der Waals surface area contributed by atoms with Crippen molar-refractivity contribution in [1.29, 1.82) is 0 Å². The second-order valence-corrected chi connectivity index (χ2v) is 8.43. The summed E-state index contributed by atoms with van der Waals surface area (Å²) in [5, 5.41) is 2.61. The van der Waals surface area contributed by atoms with Crippen LogP contribution in [-0.4, -0.2) is 59.1 Å². The Bertz CT molecular complexity index is 660. The van der Waals surface area contributed by atoms with E-state index in [1.165, 1.54) is 24.6 Å². The van der Waals surface area contributed by atoms with Crippen LogP contribution in [0.2, 0.25) is 0 Å². The Balaban J connectivity index is 1.38. The molecule has 0 aliphatic carbocycles. The Kier molecular flexibility index (Phi) is 4.99. The Hall–Kier alpha value is -1.53. The van der Waals surface area contributed by atoms with Gasteiger partial charge in [0.25, 0.3) is 0 Å². The first-order chi connectivity index (χ1) is 12.2. The standard InChI is InChI=1S/C19H25N3O2S/c23-18(22-11-5-6-14(22)13-21-9-3-4-10-21)12-17-19(24)20-15-7-1-2-8-16(15)25-17/h1-2,7-8,14,17H,3-6,9-13H2,(H,20,24)/t14-,17+/m1/s1. The molecule has 2 saturated heterocycles. The van der Waals surface area contributed by atoms with Gasteiger partial charge in [0.05, 0.1) is 10.9 Å². The number of likely N-dealkylation sites (tertiary alicyclic amines) is 2. The molecule has 2 atom stereocenters. The summed E-state index contributed by atoms with van der Waals surface area (Å²) < 4.78 is 0. The van der Waals surface area contributed by atoms with Gasteiger partial charge in [-0.15, -0.1) is 11.8 Å². The van der Waals surface area contributed by atoms with Crippen molar-refractivity contribution in [3.8, 4) is 0 Å². The zero-order valence-electron chi connectivity index (χ0n) is 14.4. The molecule has 0 saturated carbocycles. The van der Waals surface area contributed by atoms with Crippen molar-refractivity contribution >= 4 is 29.3 Å². The lowest BCUT2D eigenvalue weighted by atomic mass is 10.2. The molecule has 2 amide bonds. The molecule has 1 aromatic carbocycles. The van der Waals surface area contributed by atoms with Gasteiger partial charge in [-0.05, 0) is 50.9 Å². The maximum absolute atomic E-state index is 12.9. The molecule has 25 heavy (non-hydrogen) atoms. The number of anilines is 1. The predicted molar refractivity (Wildman–Crippen MR) is 99.7 cm³/mol. The van der Waals surface area contributed by atoms with Crippen molar-refractivity contribution in [2.45, 2.75) is 48.3 Å². The van der Waals surface area contributed by atoms with Crippen LogP contribution in [0.3, 0.4) is 0 Å². The third-order valence-electron chi connectivity index (χ3n) is 5.43. The fourth-order valence-corrected chi connectivity index (χ4v) is 5.22. The summed E-state index contributed by atoms with van der Waals surface area (Å²) >= 11 is 1.52. The first-order valence-electron chi connectivity index (χ1n) is 9.29. The molecule has 1 aromatic rings. The van der Waals surface area contributed by atoms with E-state index in [1.807, 2.05) is 29.2 Å². The third-order valence-corrected chi connectivity index (χ3v) is 6.71. The largest absolute Gasteiger partial charge is 0.338 e. The third kappa shape index (κ3) is 3.70. The minimum Gasteiger partial charge on any atom is -0.338 e. The minimum absolute atomic E-state index is 0.0488. The molecule has 0 spiro atoms. The molecule has 1 N–H and O–H groups in total. The summed E-state index contributed by atoms with van der Waals surface area (Å²) in [5.41, 5.74) is 0.856. The highest BCUT2D eigenvalue weighted by molar-refractivity contribution is 8.01. The Morgan fingerprint density at radius 1 is 1.16 bits per heavy atom. The second-order valence-electron chi connectivity index (χ2n) is 7.19. The van der Waals surface area contributed by atoms with Gasteiger partial charge in [0, 0.05) is 30.4 Å². The van der Waals surface area contributed by atoms with Crippen molar-refractivity contribution in [2.75, 3.05) is 31.5 Å². The summed E-state index contributed by atoms with van der Waals surface area (Å²) in [6, 6.07) is 8.12. The van der Waals surface area contributed by atoms with Crippen molar-refractivity contribution < 1.29 is 9.59 Å². The molecule has 0 radical (unpaired) electrons. The normalized spacial score (nSPS) is 26.6. The lowest BCUT2D eigenvalue weighted by Crippen LogP contribution is -2.44. The number of fused-ring (bicyclic) bond motifs is 1. The van der Waals surface area contributed by atoms with Gasteiger partial charge in [-0.2, -0.15) is 0 Å². The minimum atomic E-state index is -0.324. The fraction of sp³-hybridized carbons (Fsp3) is 0.579. The number of rotatable bonds is 4. The molecule has 0 bridgehead atoms. The van der Waals surface area contributed by atoms with Crippen molar-refractivity contribution in [2.24, 2.45) is 0 Å². The highest BCUT2D eigenvalue weighted by atomic mass is 32.2. The predicted octanol–water partition coefficient (Wildman–Crippen LogP) is 2.58. The summed E-state index contributed by atoms with van der Waals surface area (Å²) in [7, 11) is 0. The topological polar surface area (TPSA) is 52.7 Å². The number of thioether (sulfide) groups is 1.